The Morgan fingerprint density at radius 2 is 1.43 bits per heavy atom. The predicted octanol–water partition coefficient (Wildman–Crippen LogP) is 3.31. The van der Waals surface area contributed by atoms with Crippen LogP contribution in [-0.2, 0) is 33.6 Å². The van der Waals surface area contributed by atoms with Crippen molar-refractivity contribution in [2.75, 3.05) is 18.6 Å². The Labute approximate surface area is 280 Å². The molecule has 0 radical (unpaired) electrons. The van der Waals surface area contributed by atoms with E-state index in [1.54, 1.807) is 20.8 Å². The first-order valence-corrected chi connectivity index (χ1v) is 19.4. The molecule has 2 saturated carbocycles. The molecule has 0 aromatic carbocycles. The Hall–Kier alpha value is -2.74. The number of carbonyl (C=O) groups is 5. The smallest absolute Gasteiger partial charge is 0.407 e. The van der Waals surface area contributed by atoms with Crippen LogP contribution in [0, 0.1) is 16.6 Å². The van der Waals surface area contributed by atoms with Gasteiger partial charge in [0.2, 0.25) is 17.6 Å². The van der Waals surface area contributed by atoms with Crippen LogP contribution in [0.2, 0.25) is 0 Å². The summed E-state index contributed by atoms with van der Waals surface area (Å²) in [5, 5.41) is 20.8. The largest absolute Gasteiger partial charge is 0.449 e. The Morgan fingerprint density at radius 1 is 0.851 bits per heavy atom. The van der Waals surface area contributed by atoms with Crippen molar-refractivity contribution in [3.8, 4) is 0 Å². The SMILES string of the molecule is C[C@@H](O)[C@H](NC(=O)[C@H](CCC1CCCCC1)NC(=O)OCC1CCCCC1)C(=O)NC(CCCS(C)(=N)=O)C(=O)C(=O)NC(C)(C)C. The van der Waals surface area contributed by atoms with Crippen LogP contribution in [0.4, 0.5) is 4.79 Å². The molecule has 0 bridgehead atoms. The molecule has 47 heavy (non-hydrogen) atoms. The Bertz CT molecular complexity index is 1160. The van der Waals surface area contributed by atoms with Crippen LogP contribution >= 0.6 is 0 Å². The second-order valence-corrected chi connectivity index (χ2v) is 17.0. The number of amides is 4. The summed E-state index contributed by atoms with van der Waals surface area (Å²) in [7, 11) is -2.88. The summed E-state index contributed by atoms with van der Waals surface area (Å²) < 4.78 is 25.0. The fourth-order valence-corrected chi connectivity index (χ4v) is 6.91. The van der Waals surface area contributed by atoms with Crippen LogP contribution in [0.1, 0.15) is 118 Å². The Kier molecular flexibility index (Phi) is 16.6. The summed E-state index contributed by atoms with van der Waals surface area (Å²) in [4.78, 5) is 65.7. The van der Waals surface area contributed by atoms with Crippen LogP contribution in [0.5, 0.6) is 0 Å². The molecule has 13 nitrogen and oxygen atoms in total. The van der Waals surface area contributed by atoms with Crippen molar-refractivity contribution in [1.82, 2.24) is 21.3 Å². The van der Waals surface area contributed by atoms with Gasteiger partial charge in [0.1, 0.15) is 12.1 Å². The van der Waals surface area contributed by atoms with Gasteiger partial charge in [-0.05, 0) is 78.1 Å². The third kappa shape index (κ3) is 16.3. The highest BCUT2D eigenvalue weighted by Crippen LogP contribution is 2.28. The fourth-order valence-electron chi connectivity index (χ4n) is 6.19. The number of hydrogen-bond donors (Lipinski definition) is 6. The molecule has 2 aliphatic carbocycles. The van der Waals surface area contributed by atoms with Gasteiger partial charge in [0.25, 0.3) is 5.91 Å². The van der Waals surface area contributed by atoms with E-state index in [4.69, 9.17) is 9.52 Å². The molecule has 2 aliphatic rings. The van der Waals surface area contributed by atoms with Crippen molar-refractivity contribution in [1.29, 1.82) is 4.78 Å². The van der Waals surface area contributed by atoms with Gasteiger partial charge in [-0.1, -0.05) is 51.4 Å². The first-order chi connectivity index (χ1) is 21.9. The molecular formula is C33H59N5O8S. The van der Waals surface area contributed by atoms with E-state index in [-0.39, 0.29) is 25.2 Å². The third-order valence-electron chi connectivity index (χ3n) is 8.81. The summed E-state index contributed by atoms with van der Waals surface area (Å²) in [6, 6.07) is -3.87. The van der Waals surface area contributed by atoms with Gasteiger partial charge in [0.15, 0.2) is 0 Å². The number of ketones is 1. The lowest BCUT2D eigenvalue weighted by atomic mass is 9.85. The number of alkyl carbamates (subject to hydrolysis) is 1. The van der Waals surface area contributed by atoms with Crippen LogP contribution < -0.4 is 21.3 Å². The Morgan fingerprint density at radius 3 is 1.96 bits per heavy atom. The van der Waals surface area contributed by atoms with Crippen molar-refractivity contribution in [2.24, 2.45) is 11.8 Å². The summed E-state index contributed by atoms with van der Waals surface area (Å²) >= 11 is 0. The minimum atomic E-state index is -2.88. The first kappa shape index (κ1) is 40.4. The lowest BCUT2D eigenvalue weighted by Crippen LogP contribution is -2.60. The van der Waals surface area contributed by atoms with Crippen molar-refractivity contribution in [3.63, 3.8) is 0 Å². The van der Waals surface area contributed by atoms with Gasteiger partial charge in [0, 0.05) is 27.3 Å². The molecule has 0 spiro atoms. The highest BCUT2D eigenvalue weighted by Gasteiger charge is 2.35. The zero-order chi connectivity index (χ0) is 35.2. The molecule has 14 heteroatoms. The normalized spacial score (nSPS) is 20.0. The van der Waals surface area contributed by atoms with Gasteiger partial charge in [0.05, 0.1) is 18.8 Å². The van der Waals surface area contributed by atoms with Crippen molar-refractivity contribution in [3.05, 3.63) is 0 Å². The van der Waals surface area contributed by atoms with Gasteiger partial charge in [-0.3, -0.25) is 28.2 Å². The molecule has 0 aliphatic heterocycles. The van der Waals surface area contributed by atoms with Crippen molar-refractivity contribution >= 4 is 39.3 Å². The van der Waals surface area contributed by atoms with Gasteiger partial charge >= 0.3 is 6.09 Å². The molecule has 0 aromatic rings. The third-order valence-corrected chi connectivity index (χ3v) is 9.87. The van der Waals surface area contributed by atoms with Crippen LogP contribution in [0.25, 0.3) is 0 Å². The molecule has 0 aromatic heterocycles. The van der Waals surface area contributed by atoms with E-state index in [2.05, 4.69) is 21.3 Å². The van der Waals surface area contributed by atoms with E-state index >= 15 is 0 Å². The van der Waals surface area contributed by atoms with Crippen LogP contribution in [0.3, 0.4) is 0 Å². The van der Waals surface area contributed by atoms with Gasteiger partial charge in [-0.25, -0.2) is 4.79 Å². The second kappa shape index (κ2) is 19.3. The summed E-state index contributed by atoms with van der Waals surface area (Å²) in [5.74, 6) is -2.78. The van der Waals surface area contributed by atoms with Crippen molar-refractivity contribution in [2.45, 2.75) is 147 Å². The van der Waals surface area contributed by atoms with E-state index in [0.717, 1.165) is 51.4 Å². The highest BCUT2D eigenvalue weighted by atomic mass is 32.2. The maximum absolute atomic E-state index is 13.6. The fraction of sp³-hybridized carbons (Fsp3) is 0.848. The predicted molar refractivity (Wildman–Crippen MR) is 180 cm³/mol. The Balaban J connectivity index is 2.16. The van der Waals surface area contributed by atoms with Crippen LogP contribution in [-0.4, -0.2) is 87.3 Å². The number of hydrogen-bond acceptors (Lipinski definition) is 9. The van der Waals surface area contributed by atoms with E-state index in [0.29, 0.717) is 24.7 Å². The monoisotopic (exact) mass is 685 g/mol. The molecule has 4 amide bonds. The molecule has 2 unspecified atom stereocenters. The zero-order valence-corrected chi connectivity index (χ0v) is 29.8. The molecule has 270 valence electrons. The first-order valence-electron chi connectivity index (χ1n) is 17.2. The topological polar surface area (TPSA) is 204 Å². The van der Waals surface area contributed by atoms with Crippen LogP contribution in [0.15, 0.2) is 0 Å². The lowest BCUT2D eigenvalue weighted by molar-refractivity contribution is -0.141. The molecule has 2 rings (SSSR count). The van der Waals surface area contributed by atoms with E-state index in [1.807, 2.05) is 0 Å². The number of rotatable bonds is 17. The molecular weight excluding hydrogens is 626 g/mol. The number of Topliss-reactive ketones (excluding diaryl/α,β-unsaturated/α-hetero) is 1. The van der Waals surface area contributed by atoms with E-state index in [9.17, 15) is 33.3 Å². The quantitative estimate of drug-likeness (QED) is 0.125. The standard InChI is InChI=1S/C33H59N5O8S/c1-22(39)27(30(42)35-25(17-12-20-47(5,34)45)28(40)31(43)38-33(2,3)4)37-29(41)26(19-18-23-13-8-6-9-14-23)36-32(44)46-21-24-15-10-7-11-16-24/h22-27,34,39H,6-21H2,1-5H3,(H,35,42)(H,36,44)(H,37,41)(H,38,43)/t22-,25?,26+,27+,47?/m1/s1. The maximum atomic E-state index is 13.6. The summed E-state index contributed by atoms with van der Waals surface area (Å²) in [5.41, 5.74) is -0.729. The molecule has 2 fully saturated rings. The van der Waals surface area contributed by atoms with Gasteiger partial charge < -0.3 is 31.1 Å². The zero-order valence-electron chi connectivity index (χ0n) is 29.0. The average molecular weight is 686 g/mol. The minimum Gasteiger partial charge on any atom is -0.449 e. The number of aliphatic hydroxyl groups excluding tert-OH is 1. The summed E-state index contributed by atoms with van der Waals surface area (Å²) in [6.07, 6.45) is 11.1. The molecule has 0 saturated heterocycles. The second-order valence-electron chi connectivity index (χ2n) is 14.6. The highest BCUT2D eigenvalue weighted by molar-refractivity contribution is 7.91. The number of aliphatic hydroxyl groups is 1. The molecule has 0 heterocycles. The minimum absolute atomic E-state index is 0.0463. The number of carbonyl (C=O) groups excluding carboxylic acids is 5. The molecule has 6 N–H and O–H groups in total. The average Bonchev–Trinajstić information content (AvgIpc) is 2.99. The van der Waals surface area contributed by atoms with Crippen molar-refractivity contribution < 1.29 is 38.0 Å². The van der Waals surface area contributed by atoms with E-state index < -0.39 is 69.1 Å². The lowest BCUT2D eigenvalue weighted by Gasteiger charge is -2.28. The number of nitrogens with one attached hydrogen (secondary N) is 5. The maximum Gasteiger partial charge on any atom is 0.407 e. The number of ether oxygens (including phenoxy) is 1. The summed E-state index contributed by atoms with van der Waals surface area (Å²) in [6.45, 7) is 6.67. The van der Waals surface area contributed by atoms with E-state index in [1.165, 1.54) is 26.0 Å². The van der Waals surface area contributed by atoms with Gasteiger partial charge in [-0.15, -0.1) is 0 Å². The molecule has 5 atom stereocenters. The van der Waals surface area contributed by atoms with Gasteiger partial charge in [-0.2, -0.15) is 0 Å².